The summed E-state index contributed by atoms with van der Waals surface area (Å²) < 4.78 is 45.3. The van der Waals surface area contributed by atoms with Crippen LogP contribution >= 0.6 is 0 Å². The van der Waals surface area contributed by atoms with Crippen molar-refractivity contribution in [1.29, 1.82) is 0 Å². The van der Waals surface area contributed by atoms with Gasteiger partial charge in [-0.25, -0.2) is 27.7 Å². The molecule has 0 radical (unpaired) electrons. The largest absolute Gasteiger partial charge is 0.430 e. The highest BCUT2D eigenvalue weighted by Crippen LogP contribution is 2.34. The second-order valence-corrected chi connectivity index (χ2v) is 8.71. The van der Waals surface area contributed by atoms with Crippen LogP contribution in [-0.2, 0) is 4.74 Å². The van der Waals surface area contributed by atoms with Gasteiger partial charge < -0.3 is 15.0 Å². The van der Waals surface area contributed by atoms with Gasteiger partial charge in [0, 0.05) is 6.54 Å². The van der Waals surface area contributed by atoms with Gasteiger partial charge in [0.25, 0.3) is 0 Å². The summed E-state index contributed by atoms with van der Waals surface area (Å²) in [6.45, 7) is 2.87. The SMILES string of the molecule is C#C[C@@H]1OC(=O)N(C(=O)NCCCN2CCC(c3ccc(F)cc3)CC2)[C@H]1c1ccc(F)c(F)c1. The number of terminal acetylenes is 1. The zero-order chi connectivity index (χ0) is 24.9. The lowest BCUT2D eigenvalue weighted by Gasteiger charge is -2.32. The van der Waals surface area contributed by atoms with E-state index in [1.165, 1.54) is 18.2 Å². The number of hydrogen-bond acceptors (Lipinski definition) is 4. The van der Waals surface area contributed by atoms with Crippen LogP contribution in [-0.4, -0.2) is 54.2 Å². The van der Waals surface area contributed by atoms with Gasteiger partial charge in [0.2, 0.25) is 0 Å². The number of rotatable bonds is 6. The van der Waals surface area contributed by atoms with E-state index in [0.717, 1.165) is 55.1 Å². The fourth-order valence-electron chi connectivity index (χ4n) is 4.64. The normalized spacial score (nSPS) is 21.0. The highest BCUT2D eigenvalue weighted by atomic mass is 19.2. The number of carbonyl (C=O) groups is 2. The zero-order valence-electron chi connectivity index (χ0n) is 19.1. The van der Waals surface area contributed by atoms with Crippen molar-refractivity contribution >= 4 is 12.1 Å². The van der Waals surface area contributed by atoms with Crippen molar-refractivity contribution in [1.82, 2.24) is 15.1 Å². The molecule has 4 rings (SSSR count). The standard InChI is InChI=1S/C26H26F3N3O3/c1-2-23-24(19-6-9-21(28)22(29)16-19)32(26(34)35-23)25(33)30-12-3-13-31-14-10-18(11-15-31)17-4-7-20(27)8-5-17/h1,4-9,16,18,23-24H,3,10-15H2,(H,30,33)/t23-,24-/m0/s1. The van der Waals surface area contributed by atoms with Crippen molar-refractivity contribution in [3.63, 3.8) is 0 Å². The first-order valence-corrected chi connectivity index (χ1v) is 11.5. The molecule has 184 valence electrons. The number of ether oxygens (including phenoxy) is 1. The Kier molecular flexibility index (Phi) is 7.61. The fraction of sp³-hybridized carbons (Fsp3) is 0.385. The molecule has 0 spiro atoms. The van der Waals surface area contributed by atoms with Crippen LogP contribution in [0.4, 0.5) is 22.8 Å². The first-order valence-electron chi connectivity index (χ1n) is 11.5. The lowest BCUT2D eigenvalue weighted by Crippen LogP contribution is -2.43. The Morgan fingerprint density at radius 3 is 2.40 bits per heavy atom. The second kappa shape index (κ2) is 10.8. The Balaban J connectivity index is 1.27. The molecular formula is C26H26F3N3O3. The summed E-state index contributed by atoms with van der Waals surface area (Å²) in [5.74, 6) is 0.299. The zero-order valence-corrected chi connectivity index (χ0v) is 19.1. The highest BCUT2D eigenvalue weighted by molar-refractivity contribution is 5.93. The third-order valence-electron chi connectivity index (χ3n) is 6.51. The molecule has 2 fully saturated rings. The van der Waals surface area contributed by atoms with Crippen molar-refractivity contribution in [3.05, 3.63) is 71.0 Å². The molecule has 3 amide bonds. The van der Waals surface area contributed by atoms with Crippen molar-refractivity contribution in [2.75, 3.05) is 26.2 Å². The molecule has 0 unspecified atom stereocenters. The van der Waals surface area contributed by atoms with E-state index in [9.17, 15) is 22.8 Å². The van der Waals surface area contributed by atoms with Gasteiger partial charge in [-0.05, 0) is 80.2 Å². The quantitative estimate of drug-likeness (QED) is 0.481. The number of piperidine rings is 1. The molecule has 2 atom stereocenters. The Morgan fingerprint density at radius 2 is 1.74 bits per heavy atom. The van der Waals surface area contributed by atoms with E-state index in [-0.39, 0.29) is 11.4 Å². The van der Waals surface area contributed by atoms with E-state index in [1.54, 1.807) is 0 Å². The Morgan fingerprint density at radius 1 is 1.06 bits per heavy atom. The molecule has 6 nitrogen and oxygen atoms in total. The summed E-state index contributed by atoms with van der Waals surface area (Å²) in [6, 6.07) is 7.97. The van der Waals surface area contributed by atoms with Crippen LogP contribution in [0.5, 0.6) is 0 Å². The molecule has 0 aromatic heterocycles. The predicted octanol–water partition coefficient (Wildman–Crippen LogP) is 4.58. The van der Waals surface area contributed by atoms with Crippen LogP contribution in [0.15, 0.2) is 42.5 Å². The molecule has 2 aliphatic rings. The van der Waals surface area contributed by atoms with Gasteiger partial charge in [0.05, 0.1) is 0 Å². The van der Waals surface area contributed by atoms with Gasteiger partial charge in [0.1, 0.15) is 11.9 Å². The first-order chi connectivity index (χ1) is 16.9. The average molecular weight is 486 g/mol. The van der Waals surface area contributed by atoms with Gasteiger partial charge in [-0.3, -0.25) is 0 Å². The van der Waals surface area contributed by atoms with Crippen molar-refractivity contribution in [3.8, 4) is 12.3 Å². The number of cyclic esters (lactones) is 1. The number of nitrogens with one attached hydrogen (secondary N) is 1. The summed E-state index contributed by atoms with van der Waals surface area (Å²) in [5.41, 5.74) is 1.31. The van der Waals surface area contributed by atoms with Crippen LogP contribution in [0.3, 0.4) is 0 Å². The van der Waals surface area contributed by atoms with Crippen LogP contribution < -0.4 is 5.32 Å². The molecule has 9 heteroatoms. The van der Waals surface area contributed by atoms with Gasteiger partial charge in [-0.2, -0.15) is 0 Å². The lowest BCUT2D eigenvalue weighted by atomic mass is 9.89. The maximum Gasteiger partial charge on any atom is 0.420 e. The van der Waals surface area contributed by atoms with Crippen molar-refractivity contribution < 1.29 is 27.5 Å². The summed E-state index contributed by atoms with van der Waals surface area (Å²) >= 11 is 0. The number of carbonyl (C=O) groups excluding carboxylic acids is 2. The number of urea groups is 1. The first kappa shape index (κ1) is 24.6. The number of benzene rings is 2. The topological polar surface area (TPSA) is 61.9 Å². The Hall–Kier alpha value is -3.51. The van der Waals surface area contributed by atoms with E-state index in [1.807, 2.05) is 12.1 Å². The maximum absolute atomic E-state index is 13.8. The number of likely N-dealkylation sites (tertiary alicyclic amines) is 1. The summed E-state index contributed by atoms with van der Waals surface area (Å²) in [5, 5.41) is 2.69. The summed E-state index contributed by atoms with van der Waals surface area (Å²) in [7, 11) is 0. The van der Waals surface area contributed by atoms with Gasteiger partial charge in [-0.1, -0.05) is 24.1 Å². The highest BCUT2D eigenvalue weighted by Gasteiger charge is 2.46. The number of hydrogen-bond donors (Lipinski definition) is 1. The molecule has 2 aromatic rings. The molecule has 0 bridgehead atoms. The van der Waals surface area contributed by atoms with Gasteiger partial charge in [-0.15, -0.1) is 6.42 Å². The predicted molar refractivity (Wildman–Crippen MR) is 123 cm³/mol. The molecule has 0 saturated carbocycles. The lowest BCUT2D eigenvalue weighted by molar-refractivity contribution is 0.148. The molecule has 2 saturated heterocycles. The van der Waals surface area contributed by atoms with E-state index < -0.39 is 35.9 Å². The van der Waals surface area contributed by atoms with Gasteiger partial charge >= 0.3 is 12.1 Å². The van der Waals surface area contributed by atoms with E-state index in [0.29, 0.717) is 18.9 Å². The third kappa shape index (κ3) is 5.60. The van der Waals surface area contributed by atoms with E-state index in [4.69, 9.17) is 11.2 Å². The molecule has 35 heavy (non-hydrogen) atoms. The second-order valence-electron chi connectivity index (χ2n) is 8.71. The molecule has 2 aliphatic heterocycles. The maximum atomic E-state index is 13.8. The molecule has 0 aliphatic carbocycles. The molecular weight excluding hydrogens is 459 g/mol. The molecule has 2 heterocycles. The minimum atomic E-state index is -1.11. The number of amides is 3. The fourth-order valence-corrected chi connectivity index (χ4v) is 4.64. The Bertz CT molecular complexity index is 1110. The van der Waals surface area contributed by atoms with Crippen molar-refractivity contribution in [2.45, 2.75) is 37.3 Å². The van der Waals surface area contributed by atoms with E-state index in [2.05, 4.69) is 16.1 Å². The summed E-state index contributed by atoms with van der Waals surface area (Å²) in [6.07, 6.45) is 5.99. The van der Waals surface area contributed by atoms with Crippen molar-refractivity contribution in [2.24, 2.45) is 0 Å². The smallest absolute Gasteiger partial charge is 0.420 e. The van der Waals surface area contributed by atoms with Crippen LogP contribution in [0.25, 0.3) is 0 Å². The monoisotopic (exact) mass is 485 g/mol. The minimum Gasteiger partial charge on any atom is -0.430 e. The number of nitrogens with zero attached hydrogens (tertiary/aromatic N) is 2. The number of imide groups is 1. The third-order valence-corrected chi connectivity index (χ3v) is 6.51. The molecule has 1 N–H and O–H groups in total. The van der Waals surface area contributed by atoms with Crippen LogP contribution in [0.1, 0.15) is 42.3 Å². The van der Waals surface area contributed by atoms with Crippen LogP contribution in [0.2, 0.25) is 0 Å². The van der Waals surface area contributed by atoms with Gasteiger partial charge in [0.15, 0.2) is 17.7 Å². The summed E-state index contributed by atoms with van der Waals surface area (Å²) in [4.78, 5) is 28.2. The molecule has 2 aromatic carbocycles. The van der Waals surface area contributed by atoms with E-state index >= 15 is 0 Å². The van der Waals surface area contributed by atoms with Crippen LogP contribution in [0, 0.1) is 29.8 Å². The Labute approximate surface area is 202 Å². The minimum absolute atomic E-state index is 0.164. The average Bonchev–Trinajstić information content (AvgIpc) is 3.20. The number of halogens is 3.